The highest BCUT2D eigenvalue weighted by Crippen LogP contribution is 2.25. The van der Waals surface area contributed by atoms with E-state index in [0.717, 1.165) is 6.42 Å². The minimum atomic E-state index is -0.371. The zero-order valence-electron chi connectivity index (χ0n) is 15.5. The van der Waals surface area contributed by atoms with Crippen molar-refractivity contribution < 1.29 is 14.3 Å². The third kappa shape index (κ3) is 3.89. The lowest BCUT2D eigenvalue weighted by Gasteiger charge is -2.31. The molecule has 5 nitrogen and oxygen atoms in total. The summed E-state index contributed by atoms with van der Waals surface area (Å²) in [6.07, 6.45) is 4.83. The molecule has 1 saturated carbocycles. The fourth-order valence-electron chi connectivity index (χ4n) is 3.68. The van der Waals surface area contributed by atoms with Crippen molar-refractivity contribution >= 4 is 11.8 Å². The molecule has 1 aliphatic rings. The number of carbonyl (C=O) groups excluding carboxylic acids is 2. The average molecular weight is 334 g/mol. The van der Waals surface area contributed by atoms with Gasteiger partial charge in [-0.25, -0.2) is 4.79 Å². The molecule has 0 aliphatic heterocycles. The number of rotatable bonds is 6. The smallest absolute Gasteiger partial charge is 0.340 e. The van der Waals surface area contributed by atoms with Crippen LogP contribution < -0.4 is 5.32 Å². The number of esters is 1. The molecule has 3 atom stereocenters. The van der Waals surface area contributed by atoms with Crippen molar-refractivity contribution in [3.63, 3.8) is 0 Å². The monoisotopic (exact) mass is 334 g/mol. The highest BCUT2D eigenvalue weighted by Gasteiger charge is 2.29. The highest BCUT2D eigenvalue weighted by molar-refractivity contribution is 6.03. The molecular weight excluding hydrogens is 304 g/mol. The van der Waals surface area contributed by atoms with Gasteiger partial charge in [0.1, 0.15) is 0 Å². The van der Waals surface area contributed by atoms with Crippen molar-refractivity contribution in [2.45, 2.75) is 72.4 Å². The molecule has 2 N–H and O–H groups in total. The van der Waals surface area contributed by atoms with E-state index in [4.69, 9.17) is 4.74 Å². The van der Waals surface area contributed by atoms with Crippen molar-refractivity contribution in [1.29, 1.82) is 0 Å². The Balaban J connectivity index is 2.14. The van der Waals surface area contributed by atoms with Crippen LogP contribution in [0, 0.1) is 19.8 Å². The van der Waals surface area contributed by atoms with Crippen molar-refractivity contribution in [3.05, 3.63) is 22.5 Å². The zero-order valence-corrected chi connectivity index (χ0v) is 15.5. The lowest BCUT2D eigenvalue weighted by Crippen LogP contribution is -2.46. The lowest BCUT2D eigenvalue weighted by molar-refractivity contribution is 0.0525. The first-order valence-corrected chi connectivity index (χ1v) is 9.03. The number of aromatic amines is 1. The van der Waals surface area contributed by atoms with E-state index < -0.39 is 0 Å². The van der Waals surface area contributed by atoms with Crippen molar-refractivity contribution in [2.75, 3.05) is 6.61 Å². The van der Waals surface area contributed by atoms with E-state index in [1.807, 2.05) is 6.92 Å². The Morgan fingerprint density at radius 1 is 1.29 bits per heavy atom. The molecule has 0 unspecified atom stereocenters. The minimum Gasteiger partial charge on any atom is -0.462 e. The number of H-pyrrole nitrogens is 1. The van der Waals surface area contributed by atoms with Gasteiger partial charge >= 0.3 is 5.97 Å². The van der Waals surface area contributed by atoms with E-state index in [1.54, 1.807) is 20.8 Å². The molecule has 2 rings (SSSR count). The Hall–Kier alpha value is -1.62. The summed E-state index contributed by atoms with van der Waals surface area (Å²) in [6.45, 7) is 9.86. The summed E-state index contributed by atoms with van der Waals surface area (Å²) in [5.41, 5.74) is 2.37. The Labute approximate surface area is 144 Å². The molecule has 24 heavy (non-hydrogen) atoms. The second-order valence-corrected chi connectivity index (χ2v) is 6.97. The van der Waals surface area contributed by atoms with Gasteiger partial charge in [0.15, 0.2) is 5.78 Å². The second kappa shape index (κ2) is 7.97. The van der Waals surface area contributed by atoms with Crippen LogP contribution in [0.5, 0.6) is 0 Å². The van der Waals surface area contributed by atoms with Crippen LogP contribution in [0.2, 0.25) is 0 Å². The third-order valence-corrected chi connectivity index (χ3v) is 5.13. The lowest BCUT2D eigenvalue weighted by atomic mass is 9.85. The number of Topliss-reactive ketones (excluding diaryl/α,β-unsaturated/α-hetero) is 1. The predicted octanol–water partition coefficient (Wildman–Crippen LogP) is 3.55. The third-order valence-electron chi connectivity index (χ3n) is 5.13. The van der Waals surface area contributed by atoms with Gasteiger partial charge < -0.3 is 15.0 Å². The maximum atomic E-state index is 12.8. The van der Waals surface area contributed by atoms with E-state index in [2.05, 4.69) is 17.2 Å². The van der Waals surface area contributed by atoms with E-state index in [-0.39, 0.29) is 17.8 Å². The molecule has 0 aromatic carbocycles. The minimum absolute atomic E-state index is 0.00363. The molecule has 1 aromatic heterocycles. The summed E-state index contributed by atoms with van der Waals surface area (Å²) in [5, 5.41) is 3.49. The number of nitrogens with one attached hydrogen (secondary N) is 2. The quantitative estimate of drug-likeness (QED) is 0.616. The summed E-state index contributed by atoms with van der Waals surface area (Å²) >= 11 is 0. The number of hydrogen-bond acceptors (Lipinski definition) is 4. The fourth-order valence-corrected chi connectivity index (χ4v) is 3.68. The first-order valence-electron chi connectivity index (χ1n) is 9.03. The molecule has 1 aromatic rings. The van der Waals surface area contributed by atoms with Gasteiger partial charge in [-0.3, -0.25) is 4.79 Å². The van der Waals surface area contributed by atoms with Gasteiger partial charge in [0.05, 0.1) is 23.9 Å². The van der Waals surface area contributed by atoms with Crippen molar-refractivity contribution in [2.24, 2.45) is 5.92 Å². The Kier molecular flexibility index (Phi) is 6.21. The second-order valence-electron chi connectivity index (χ2n) is 6.97. The Morgan fingerprint density at radius 3 is 2.58 bits per heavy atom. The van der Waals surface area contributed by atoms with Crippen LogP contribution in [-0.4, -0.2) is 35.4 Å². The highest BCUT2D eigenvalue weighted by atomic mass is 16.5. The van der Waals surface area contributed by atoms with Gasteiger partial charge in [-0.1, -0.05) is 19.8 Å². The molecule has 5 heteroatoms. The number of ether oxygens (including phenoxy) is 1. The zero-order chi connectivity index (χ0) is 17.9. The number of aromatic nitrogens is 1. The van der Waals surface area contributed by atoms with Gasteiger partial charge in [0, 0.05) is 11.7 Å². The van der Waals surface area contributed by atoms with Crippen LogP contribution in [0.3, 0.4) is 0 Å². The van der Waals surface area contributed by atoms with E-state index in [9.17, 15) is 9.59 Å². The van der Waals surface area contributed by atoms with Crippen LogP contribution >= 0.6 is 0 Å². The summed E-state index contributed by atoms with van der Waals surface area (Å²) in [6, 6.07) is 0.112. The normalized spacial score (nSPS) is 22.2. The first kappa shape index (κ1) is 18.7. The number of hydrogen-bond donors (Lipinski definition) is 2. The summed E-state index contributed by atoms with van der Waals surface area (Å²) in [5.74, 6) is 0.226. The van der Waals surface area contributed by atoms with Crippen LogP contribution in [0.1, 0.15) is 78.6 Å². The number of carbonyl (C=O) groups is 2. The summed E-state index contributed by atoms with van der Waals surface area (Å²) in [4.78, 5) is 28.0. The Bertz CT molecular complexity index is 606. The number of ketones is 1. The van der Waals surface area contributed by atoms with Crippen LogP contribution in [0.15, 0.2) is 0 Å². The van der Waals surface area contributed by atoms with Gasteiger partial charge in [0.2, 0.25) is 0 Å². The summed E-state index contributed by atoms with van der Waals surface area (Å²) in [7, 11) is 0. The van der Waals surface area contributed by atoms with E-state index in [0.29, 0.717) is 41.1 Å². The van der Waals surface area contributed by atoms with Crippen LogP contribution in [0.25, 0.3) is 0 Å². The average Bonchev–Trinajstić information content (AvgIpc) is 2.83. The molecule has 0 amide bonds. The van der Waals surface area contributed by atoms with Gasteiger partial charge in [-0.15, -0.1) is 0 Å². The van der Waals surface area contributed by atoms with E-state index >= 15 is 0 Å². The molecular formula is C19H30N2O3. The van der Waals surface area contributed by atoms with Crippen molar-refractivity contribution in [1.82, 2.24) is 10.3 Å². The molecule has 0 spiro atoms. The molecule has 1 heterocycles. The molecule has 1 aliphatic carbocycles. The molecule has 134 valence electrons. The first-order chi connectivity index (χ1) is 11.4. The van der Waals surface area contributed by atoms with Crippen LogP contribution in [0.4, 0.5) is 0 Å². The maximum absolute atomic E-state index is 12.8. The number of aryl methyl sites for hydroxylation is 1. The summed E-state index contributed by atoms with van der Waals surface area (Å²) < 4.78 is 5.09. The van der Waals surface area contributed by atoms with Gasteiger partial charge in [0.25, 0.3) is 0 Å². The fraction of sp³-hybridized carbons (Fsp3) is 0.684. The predicted molar refractivity (Wildman–Crippen MR) is 94.6 cm³/mol. The largest absolute Gasteiger partial charge is 0.462 e. The van der Waals surface area contributed by atoms with Gasteiger partial charge in [-0.05, 0) is 52.0 Å². The molecule has 0 saturated heterocycles. The van der Waals surface area contributed by atoms with E-state index in [1.165, 1.54) is 19.3 Å². The standard InChI is InChI=1S/C19H30N2O3/c1-6-24-19(23)16-12(3)17(21-13(16)4)18(22)14(5)20-15-10-8-7-9-11(15)2/h11,14-15,20-21H,6-10H2,1-5H3/t11-,14+,15+/m0/s1. The molecule has 0 bridgehead atoms. The maximum Gasteiger partial charge on any atom is 0.340 e. The topological polar surface area (TPSA) is 71.2 Å². The van der Waals surface area contributed by atoms with Crippen LogP contribution in [-0.2, 0) is 4.74 Å². The molecule has 0 radical (unpaired) electrons. The Morgan fingerprint density at radius 2 is 1.96 bits per heavy atom. The van der Waals surface area contributed by atoms with Gasteiger partial charge in [-0.2, -0.15) is 0 Å². The van der Waals surface area contributed by atoms with Crippen molar-refractivity contribution in [3.8, 4) is 0 Å². The SMILES string of the molecule is CCOC(=O)c1c(C)[nH]c(C(=O)[C@@H](C)N[C@@H]2CCCC[C@@H]2C)c1C. The molecule has 1 fully saturated rings.